The molecule has 1 aliphatic carbocycles. The van der Waals surface area contributed by atoms with Gasteiger partial charge < -0.3 is 10.1 Å². The summed E-state index contributed by atoms with van der Waals surface area (Å²) in [7, 11) is -4.04. The predicted molar refractivity (Wildman–Crippen MR) is 105 cm³/mol. The molecule has 0 saturated heterocycles. The van der Waals surface area contributed by atoms with Crippen LogP contribution in [0.4, 0.5) is 10.1 Å². The monoisotopic (exact) mass is 406 g/mol. The van der Waals surface area contributed by atoms with E-state index in [9.17, 15) is 17.6 Å². The minimum atomic E-state index is -4.04. The average molecular weight is 406 g/mol. The fourth-order valence-electron chi connectivity index (χ4n) is 3.18. The van der Waals surface area contributed by atoms with Crippen molar-refractivity contribution in [3.63, 3.8) is 0 Å². The van der Waals surface area contributed by atoms with Crippen LogP contribution in [0.1, 0.15) is 43.0 Å². The third-order valence-corrected chi connectivity index (χ3v) is 6.12. The summed E-state index contributed by atoms with van der Waals surface area (Å²) >= 11 is 0. The summed E-state index contributed by atoms with van der Waals surface area (Å²) in [5.74, 6) is -0.738. The minimum Gasteiger partial charge on any atom is -0.494 e. The van der Waals surface area contributed by atoms with Crippen molar-refractivity contribution < 1.29 is 22.3 Å². The molecule has 1 amide bonds. The fraction of sp³-hybridized carbons (Fsp3) is 0.350. The van der Waals surface area contributed by atoms with E-state index < -0.39 is 26.6 Å². The van der Waals surface area contributed by atoms with Crippen molar-refractivity contribution in [1.29, 1.82) is 0 Å². The van der Waals surface area contributed by atoms with Crippen LogP contribution in [-0.4, -0.2) is 27.0 Å². The van der Waals surface area contributed by atoms with Gasteiger partial charge in [-0.05, 0) is 62.2 Å². The number of benzene rings is 2. The normalized spacial score (nSPS) is 14.8. The Labute approximate surface area is 164 Å². The van der Waals surface area contributed by atoms with Crippen molar-refractivity contribution in [2.45, 2.75) is 43.5 Å². The van der Waals surface area contributed by atoms with Gasteiger partial charge in [0.25, 0.3) is 5.91 Å². The number of hydrogen-bond donors (Lipinski definition) is 2. The first-order valence-electron chi connectivity index (χ1n) is 9.25. The number of halogens is 1. The lowest BCUT2D eigenvalue weighted by molar-refractivity contribution is 0.102. The van der Waals surface area contributed by atoms with Gasteiger partial charge in [-0.3, -0.25) is 4.79 Å². The second-order valence-corrected chi connectivity index (χ2v) is 8.34. The second-order valence-electron chi connectivity index (χ2n) is 6.66. The van der Waals surface area contributed by atoms with Crippen molar-refractivity contribution in [2.75, 3.05) is 11.9 Å². The number of anilines is 1. The summed E-state index contributed by atoms with van der Waals surface area (Å²) in [5, 5.41) is 2.67. The van der Waals surface area contributed by atoms with Gasteiger partial charge in [-0.25, -0.2) is 17.5 Å². The Morgan fingerprint density at radius 3 is 2.46 bits per heavy atom. The molecule has 0 aliphatic heterocycles. The maximum atomic E-state index is 14.2. The molecule has 2 N–H and O–H groups in total. The lowest BCUT2D eigenvalue weighted by Gasteiger charge is -2.14. The van der Waals surface area contributed by atoms with Crippen LogP contribution in [0.3, 0.4) is 0 Å². The number of sulfonamides is 1. The number of carbonyl (C=O) groups is 1. The van der Waals surface area contributed by atoms with Crippen LogP contribution in [0.15, 0.2) is 47.4 Å². The summed E-state index contributed by atoms with van der Waals surface area (Å²) < 4.78 is 47.1. The molecule has 2 aromatic carbocycles. The van der Waals surface area contributed by atoms with Crippen LogP contribution < -0.4 is 14.8 Å². The lowest BCUT2D eigenvalue weighted by Crippen LogP contribution is -2.33. The summed E-state index contributed by atoms with van der Waals surface area (Å²) in [6.45, 7) is 2.41. The SMILES string of the molecule is CCOc1ccc(NC(=O)c2ccc(F)c(S(=O)(=O)NC3CCCC3)c2)cc1. The number of amides is 1. The minimum absolute atomic E-state index is 0.0575. The Morgan fingerprint density at radius 1 is 1.14 bits per heavy atom. The van der Waals surface area contributed by atoms with E-state index in [4.69, 9.17) is 4.74 Å². The van der Waals surface area contributed by atoms with Crippen molar-refractivity contribution in [3.05, 3.63) is 53.8 Å². The molecule has 3 rings (SSSR count). The van der Waals surface area contributed by atoms with Crippen molar-refractivity contribution in [2.24, 2.45) is 0 Å². The molecule has 2 aromatic rings. The predicted octanol–water partition coefficient (Wildman–Crippen LogP) is 3.70. The fourth-order valence-corrected chi connectivity index (χ4v) is 4.59. The van der Waals surface area contributed by atoms with Gasteiger partial charge in [0, 0.05) is 17.3 Å². The zero-order chi connectivity index (χ0) is 20.1. The Hall–Kier alpha value is -2.45. The van der Waals surface area contributed by atoms with Gasteiger partial charge in [0.05, 0.1) is 6.61 Å². The number of ether oxygens (including phenoxy) is 1. The molecular weight excluding hydrogens is 383 g/mol. The smallest absolute Gasteiger partial charge is 0.255 e. The van der Waals surface area contributed by atoms with Crippen LogP contribution in [0.5, 0.6) is 5.75 Å². The number of rotatable bonds is 7. The van der Waals surface area contributed by atoms with E-state index in [1.165, 1.54) is 6.07 Å². The third-order valence-electron chi connectivity index (χ3n) is 4.58. The first-order valence-corrected chi connectivity index (χ1v) is 10.7. The van der Waals surface area contributed by atoms with Crippen molar-refractivity contribution in [3.8, 4) is 5.75 Å². The zero-order valence-corrected chi connectivity index (χ0v) is 16.4. The Bertz CT molecular complexity index is 939. The van der Waals surface area contributed by atoms with E-state index in [0.29, 0.717) is 18.0 Å². The zero-order valence-electron chi connectivity index (χ0n) is 15.6. The van der Waals surface area contributed by atoms with Gasteiger partial charge in [0.2, 0.25) is 10.0 Å². The van der Waals surface area contributed by atoms with Gasteiger partial charge >= 0.3 is 0 Å². The molecule has 0 heterocycles. The number of nitrogens with one attached hydrogen (secondary N) is 2. The molecule has 1 fully saturated rings. The quantitative estimate of drug-likeness (QED) is 0.734. The highest BCUT2D eigenvalue weighted by Gasteiger charge is 2.26. The highest BCUT2D eigenvalue weighted by atomic mass is 32.2. The topological polar surface area (TPSA) is 84.5 Å². The van der Waals surface area contributed by atoms with Crippen LogP contribution in [-0.2, 0) is 10.0 Å². The Kier molecular flexibility index (Phi) is 6.31. The van der Waals surface area contributed by atoms with Gasteiger partial charge in [0.15, 0.2) is 0 Å². The standard InChI is InChI=1S/C20H23FN2O4S/c1-2-27-17-10-8-15(9-11-17)22-20(24)14-7-12-18(21)19(13-14)28(25,26)23-16-5-3-4-6-16/h7-13,16,23H,2-6H2,1H3,(H,22,24). The largest absolute Gasteiger partial charge is 0.494 e. The van der Waals surface area contributed by atoms with Crippen LogP contribution in [0, 0.1) is 5.82 Å². The molecule has 0 radical (unpaired) electrons. The molecule has 1 aliphatic rings. The van der Waals surface area contributed by atoms with E-state index in [0.717, 1.165) is 37.8 Å². The Morgan fingerprint density at radius 2 is 1.82 bits per heavy atom. The number of hydrogen-bond acceptors (Lipinski definition) is 4. The van der Waals surface area contributed by atoms with Crippen LogP contribution >= 0.6 is 0 Å². The van der Waals surface area contributed by atoms with Gasteiger partial charge in [-0.1, -0.05) is 12.8 Å². The summed E-state index contributed by atoms with van der Waals surface area (Å²) in [5.41, 5.74) is 0.577. The molecular formula is C20H23FN2O4S. The van der Waals surface area contributed by atoms with Gasteiger partial charge in [0.1, 0.15) is 16.5 Å². The molecule has 150 valence electrons. The molecule has 8 heteroatoms. The molecule has 6 nitrogen and oxygen atoms in total. The molecule has 0 aromatic heterocycles. The van der Waals surface area contributed by atoms with Gasteiger partial charge in [-0.2, -0.15) is 0 Å². The highest BCUT2D eigenvalue weighted by molar-refractivity contribution is 7.89. The molecule has 1 saturated carbocycles. The molecule has 0 spiro atoms. The summed E-state index contributed by atoms with van der Waals surface area (Å²) in [4.78, 5) is 12.0. The van der Waals surface area contributed by atoms with Crippen molar-refractivity contribution >= 4 is 21.6 Å². The number of carbonyl (C=O) groups excluding carboxylic acids is 1. The van der Waals surface area contributed by atoms with E-state index >= 15 is 0 Å². The molecule has 28 heavy (non-hydrogen) atoms. The van der Waals surface area contributed by atoms with Gasteiger partial charge in [-0.15, -0.1) is 0 Å². The highest BCUT2D eigenvalue weighted by Crippen LogP contribution is 2.23. The maximum Gasteiger partial charge on any atom is 0.255 e. The summed E-state index contributed by atoms with van der Waals surface area (Å²) in [6, 6.07) is 9.90. The first-order chi connectivity index (χ1) is 13.4. The maximum absolute atomic E-state index is 14.2. The molecule has 0 bridgehead atoms. The third kappa shape index (κ3) is 4.88. The van der Waals surface area contributed by atoms with E-state index in [-0.39, 0.29) is 11.6 Å². The van der Waals surface area contributed by atoms with E-state index in [1.807, 2.05) is 6.92 Å². The van der Waals surface area contributed by atoms with E-state index in [1.54, 1.807) is 24.3 Å². The average Bonchev–Trinajstić information content (AvgIpc) is 3.16. The van der Waals surface area contributed by atoms with Crippen LogP contribution in [0.25, 0.3) is 0 Å². The Balaban J connectivity index is 1.77. The van der Waals surface area contributed by atoms with Crippen LogP contribution in [0.2, 0.25) is 0 Å². The first kappa shape index (κ1) is 20.3. The van der Waals surface area contributed by atoms with E-state index in [2.05, 4.69) is 10.0 Å². The molecule has 0 unspecified atom stereocenters. The molecule has 0 atom stereocenters. The summed E-state index contributed by atoms with van der Waals surface area (Å²) in [6.07, 6.45) is 3.36. The second kappa shape index (κ2) is 8.70. The lowest BCUT2D eigenvalue weighted by atomic mass is 10.2. The van der Waals surface area contributed by atoms with Crippen molar-refractivity contribution in [1.82, 2.24) is 4.72 Å².